The number of carbonyl (C=O) groups excluding carboxylic acids is 1. The summed E-state index contributed by atoms with van der Waals surface area (Å²) < 4.78 is 3.46. The van der Waals surface area contributed by atoms with E-state index < -0.39 is 0 Å². The lowest BCUT2D eigenvalue weighted by molar-refractivity contribution is -0.674. The summed E-state index contributed by atoms with van der Waals surface area (Å²) in [5, 5.41) is 18.4. The maximum Gasteiger partial charge on any atom is 0.319 e. The number of benzene rings is 1. The number of hydrogen-bond acceptors (Lipinski definition) is 3. The number of aliphatic imine (C=N–C) groups is 1. The maximum absolute atomic E-state index is 12.5. The number of aryl methyl sites for hydroxylation is 3. The van der Waals surface area contributed by atoms with Crippen molar-refractivity contribution in [2.75, 3.05) is 11.9 Å². The Morgan fingerprint density at radius 2 is 2.10 bits per heavy atom. The molecule has 0 saturated heterocycles. The largest absolute Gasteiger partial charge is 0.853 e. The molecular weight excluding hydrogens is 366 g/mol. The van der Waals surface area contributed by atoms with E-state index in [0.717, 1.165) is 24.8 Å². The number of amides is 2. The van der Waals surface area contributed by atoms with Gasteiger partial charge in [0.1, 0.15) is 12.4 Å². The molecule has 1 aromatic carbocycles. The second kappa shape index (κ2) is 10.6. The SMILES string of the molecule is CCCCC(CC)CNC(=O)Nc1cc(/N=C(\[O-])c2n(C)cc[n+]2C)ccc1C. The van der Waals surface area contributed by atoms with Crippen molar-refractivity contribution in [2.45, 2.75) is 46.5 Å². The van der Waals surface area contributed by atoms with Crippen LogP contribution in [0.25, 0.3) is 0 Å². The third-order valence-electron chi connectivity index (χ3n) is 5.17. The van der Waals surface area contributed by atoms with Crippen LogP contribution in [-0.2, 0) is 14.1 Å². The van der Waals surface area contributed by atoms with Crippen LogP contribution in [0, 0.1) is 12.8 Å². The first kappa shape index (κ1) is 22.5. The molecule has 158 valence electrons. The lowest BCUT2D eigenvalue weighted by atomic mass is 9.99. The minimum absolute atomic E-state index is 0.236. The molecule has 1 aromatic heterocycles. The Morgan fingerprint density at radius 3 is 2.72 bits per heavy atom. The number of imidazole rings is 1. The van der Waals surface area contributed by atoms with Gasteiger partial charge in [0.25, 0.3) is 5.82 Å². The number of anilines is 1. The predicted molar refractivity (Wildman–Crippen MR) is 114 cm³/mol. The van der Waals surface area contributed by atoms with Crippen molar-refractivity contribution in [2.24, 2.45) is 25.0 Å². The van der Waals surface area contributed by atoms with Crippen LogP contribution in [0.4, 0.5) is 16.2 Å². The zero-order chi connectivity index (χ0) is 21.4. The highest BCUT2D eigenvalue weighted by atomic mass is 16.3. The van der Waals surface area contributed by atoms with Crippen LogP contribution in [0.3, 0.4) is 0 Å². The molecule has 1 heterocycles. The van der Waals surface area contributed by atoms with Gasteiger partial charge in [0, 0.05) is 12.2 Å². The average Bonchev–Trinajstić information content (AvgIpc) is 3.03. The van der Waals surface area contributed by atoms with Gasteiger partial charge in [-0.1, -0.05) is 39.2 Å². The lowest BCUT2D eigenvalue weighted by Crippen LogP contribution is -2.39. The Bertz CT molecular complexity index is 837. The van der Waals surface area contributed by atoms with E-state index in [2.05, 4.69) is 29.5 Å². The molecule has 0 saturated carbocycles. The fourth-order valence-corrected chi connectivity index (χ4v) is 3.22. The Labute approximate surface area is 173 Å². The topological polar surface area (TPSA) is 85.4 Å². The van der Waals surface area contributed by atoms with Crippen LogP contribution in [0.2, 0.25) is 0 Å². The minimum atomic E-state index is -0.332. The minimum Gasteiger partial charge on any atom is -0.853 e. The van der Waals surface area contributed by atoms with E-state index in [1.54, 1.807) is 47.8 Å². The van der Waals surface area contributed by atoms with Crippen molar-refractivity contribution in [1.82, 2.24) is 9.88 Å². The summed E-state index contributed by atoms with van der Waals surface area (Å²) in [5.74, 6) is 0.642. The second-order valence-corrected chi connectivity index (χ2v) is 7.51. The first-order valence-corrected chi connectivity index (χ1v) is 10.3. The summed E-state index contributed by atoms with van der Waals surface area (Å²) >= 11 is 0. The van der Waals surface area contributed by atoms with E-state index in [0.29, 0.717) is 29.7 Å². The molecule has 7 heteroatoms. The third-order valence-corrected chi connectivity index (χ3v) is 5.17. The van der Waals surface area contributed by atoms with Crippen LogP contribution in [0.1, 0.15) is 50.9 Å². The molecular formula is C22H33N5O2. The van der Waals surface area contributed by atoms with Crippen molar-refractivity contribution in [1.29, 1.82) is 0 Å². The van der Waals surface area contributed by atoms with Gasteiger partial charge in [-0.05, 0) is 37.0 Å². The molecule has 0 fully saturated rings. The number of rotatable bonds is 9. The number of nitrogens with one attached hydrogen (secondary N) is 2. The van der Waals surface area contributed by atoms with Gasteiger partial charge < -0.3 is 15.7 Å². The lowest BCUT2D eigenvalue weighted by Gasteiger charge is -2.16. The summed E-state index contributed by atoms with van der Waals surface area (Å²) in [7, 11) is 3.61. The zero-order valence-electron chi connectivity index (χ0n) is 18.2. The normalized spacial score (nSPS) is 12.7. The molecule has 1 atom stereocenters. The van der Waals surface area contributed by atoms with Gasteiger partial charge in [-0.2, -0.15) is 0 Å². The van der Waals surface area contributed by atoms with Crippen LogP contribution in [-0.4, -0.2) is 23.0 Å². The van der Waals surface area contributed by atoms with Crippen molar-refractivity contribution in [3.8, 4) is 0 Å². The van der Waals surface area contributed by atoms with Gasteiger partial charge in [-0.25, -0.2) is 13.9 Å². The molecule has 0 bridgehead atoms. The van der Waals surface area contributed by atoms with E-state index >= 15 is 0 Å². The third kappa shape index (κ3) is 6.34. The number of nitrogens with zero attached hydrogens (tertiary/aromatic N) is 3. The second-order valence-electron chi connectivity index (χ2n) is 7.51. The van der Waals surface area contributed by atoms with Crippen molar-refractivity contribution < 1.29 is 14.5 Å². The van der Waals surface area contributed by atoms with Gasteiger partial charge in [0.2, 0.25) is 0 Å². The molecule has 0 aliphatic heterocycles. The van der Waals surface area contributed by atoms with E-state index in [1.807, 2.05) is 13.0 Å². The monoisotopic (exact) mass is 399 g/mol. The first-order valence-electron chi connectivity index (χ1n) is 10.3. The van der Waals surface area contributed by atoms with E-state index in [-0.39, 0.29) is 11.9 Å². The molecule has 2 N–H and O–H groups in total. The Hall–Kier alpha value is -2.83. The molecule has 7 nitrogen and oxygen atoms in total. The van der Waals surface area contributed by atoms with E-state index in [1.165, 1.54) is 6.42 Å². The summed E-state index contributed by atoms with van der Waals surface area (Å²) in [6.45, 7) is 6.90. The molecule has 0 spiro atoms. The number of urea groups is 1. The molecule has 2 rings (SSSR count). The summed E-state index contributed by atoms with van der Waals surface area (Å²) in [6, 6.07) is 5.12. The number of aromatic nitrogens is 2. The number of hydrogen-bond donors (Lipinski definition) is 2. The zero-order valence-corrected chi connectivity index (χ0v) is 18.2. The molecule has 2 amide bonds. The summed E-state index contributed by atoms with van der Waals surface area (Å²) in [4.78, 5) is 16.5. The van der Waals surface area contributed by atoms with Crippen LogP contribution in [0.5, 0.6) is 0 Å². The maximum atomic E-state index is 12.5. The van der Waals surface area contributed by atoms with Gasteiger partial charge in [0.05, 0.1) is 25.7 Å². The quantitative estimate of drug-likeness (QED) is 0.386. The molecule has 0 radical (unpaired) electrons. The highest BCUT2D eigenvalue weighted by molar-refractivity contribution is 5.91. The Morgan fingerprint density at radius 1 is 1.34 bits per heavy atom. The van der Waals surface area contributed by atoms with Crippen molar-refractivity contribution in [3.05, 3.63) is 42.0 Å². The Kier molecular flexibility index (Phi) is 8.24. The number of unbranched alkanes of at least 4 members (excludes halogenated alkanes) is 1. The van der Waals surface area contributed by atoms with Crippen LogP contribution < -0.4 is 20.3 Å². The Balaban J connectivity index is 2.07. The highest BCUT2D eigenvalue weighted by Crippen LogP contribution is 2.23. The fraction of sp³-hybridized carbons (Fsp3) is 0.500. The standard InChI is InChI=1S/C22H33N5O2/c1-6-8-9-17(7-2)15-23-22(29)25-19-14-18(11-10-16(19)3)24-20(28)21-26(4)12-13-27(21)5/h10-14,17H,6-9,15H2,1-5H3,(H2-,23,24,25,28,29). The molecule has 1 unspecified atom stereocenters. The first-order chi connectivity index (χ1) is 13.8. The van der Waals surface area contributed by atoms with Gasteiger partial charge >= 0.3 is 6.03 Å². The van der Waals surface area contributed by atoms with Crippen LogP contribution >= 0.6 is 0 Å². The fourth-order valence-electron chi connectivity index (χ4n) is 3.22. The summed E-state index contributed by atoms with van der Waals surface area (Å²) in [5.41, 5.74) is 2.06. The molecule has 2 aromatic rings. The van der Waals surface area contributed by atoms with Crippen molar-refractivity contribution in [3.63, 3.8) is 0 Å². The smallest absolute Gasteiger partial charge is 0.319 e. The summed E-state index contributed by atoms with van der Waals surface area (Å²) in [6.07, 6.45) is 8.12. The van der Waals surface area contributed by atoms with E-state index in [4.69, 9.17) is 0 Å². The van der Waals surface area contributed by atoms with Crippen LogP contribution in [0.15, 0.2) is 35.6 Å². The van der Waals surface area contributed by atoms with Gasteiger partial charge in [-0.15, -0.1) is 0 Å². The molecule has 29 heavy (non-hydrogen) atoms. The predicted octanol–water partition coefficient (Wildman–Crippen LogP) is 2.93. The van der Waals surface area contributed by atoms with Gasteiger partial charge in [-0.3, -0.25) is 4.99 Å². The molecule has 0 aliphatic carbocycles. The highest BCUT2D eigenvalue weighted by Gasteiger charge is 2.12. The molecule has 0 aliphatic rings. The number of carbonyl (C=O) groups is 1. The van der Waals surface area contributed by atoms with E-state index in [9.17, 15) is 9.90 Å². The average molecular weight is 400 g/mol. The van der Waals surface area contributed by atoms with Crippen molar-refractivity contribution >= 4 is 23.3 Å². The van der Waals surface area contributed by atoms with Gasteiger partial charge in [0.15, 0.2) is 0 Å².